The van der Waals surface area contributed by atoms with Gasteiger partial charge >= 0.3 is 0 Å². The molecule has 10 rings (SSSR count). The zero-order chi connectivity index (χ0) is 31.3. The molecule has 0 bridgehead atoms. The van der Waals surface area contributed by atoms with Gasteiger partial charge in [-0.1, -0.05) is 117 Å². The molecule has 0 saturated heterocycles. The van der Waals surface area contributed by atoms with Crippen molar-refractivity contribution < 1.29 is 0 Å². The zero-order valence-electron chi connectivity index (χ0n) is 26.0. The summed E-state index contributed by atoms with van der Waals surface area (Å²) in [7, 11) is 0. The maximum absolute atomic E-state index is 5.37. The van der Waals surface area contributed by atoms with Crippen molar-refractivity contribution >= 4 is 53.3 Å². The number of thiophene rings is 1. The Morgan fingerprint density at radius 1 is 0.553 bits per heavy atom. The van der Waals surface area contributed by atoms with E-state index in [0.717, 1.165) is 39.6 Å². The molecule has 47 heavy (non-hydrogen) atoms. The summed E-state index contributed by atoms with van der Waals surface area (Å²) >= 11 is 1.86. The first kappa shape index (κ1) is 26.6. The van der Waals surface area contributed by atoms with Crippen molar-refractivity contribution in [3.05, 3.63) is 151 Å². The first-order valence-electron chi connectivity index (χ1n) is 16.1. The van der Waals surface area contributed by atoms with E-state index in [1.807, 2.05) is 11.3 Å². The third-order valence-corrected chi connectivity index (χ3v) is 11.1. The van der Waals surface area contributed by atoms with Gasteiger partial charge < -0.3 is 4.57 Å². The Bertz CT molecular complexity index is 2710. The van der Waals surface area contributed by atoms with Gasteiger partial charge in [-0.15, -0.1) is 11.3 Å². The van der Waals surface area contributed by atoms with Crippen LogP contribution in [0.1, 0.15) is 25.1 Å². The number of aromatic nitrogens is 3. The van der Waals surface area contributed by atoms with Gasteiger partial charge in [-0.25, -0.2) is 9.97 Å². The first-order chi connectivity index (χ1) is 23.1. The smallest absolute Gasteiger partial charge is 0.160 e. The lowest BCUT2D eigenvalue weighted by Crippen LogP contribution is -2.17. The van der Waals surface area contributed by atoms with E-state index in [1.54, 1.807) is 0 Å². The summed E-state index contributed by atoms with van der Waals surface area (Å²) in [4.78, 5) is 10.7. The number of benzene rings is 6. The SMILES string of the molecule is CC1(C)c2ccccc2-c2c(-c3ccccc3)nc(-c3cccc(-n4c5ccccc5c5cc6c(cc54)sc4ccccc46)c3)nc21. The van der Waals surface area contributed by atoms with Crippen molar-refractivity contribution in [1.29, 1.82) is 0 Å². The van der Waals surface area contributed by atoms with Crippen LogP contribution in [0.15, 0.2) is 140 Å². The molecule has 0 unspecified atom stereocenters. The number of para-hydroxylation sites is 1. The van der Waals surface area contributed by atoms with Gasteiger partial charge in [0.15, 0.2) is 5.82 Å². The minimum absolute atomic E-state index is 0.243. The van der Waals surface area contributed by atoms with Crippen LogP contribution in [0.5, 0.6) is 0 Å². The average Bonchev–Trinajstić information content (AvgIpc) is 3.72. The number of hydrogen-bond donors (Lipinski definition) is 0. The van der Waals surface area contributed by atoms with E-state index in [1.165, 1.54) is 53.1 Å². The normalized spacial score (nSPS) is 13.5. The minimum Gasteiger partial charge on any atom is -0.309 e. The van der Waals surface area contributed by atoms with Gasteiger partial charge in [0.05, 0.1) is 22.4 Å². The fraction of sp³-hybridized carbons (Fsp3) is 0.0698. The summed E-state index contributed by atoms with van der Waals surface area (Å²) in [6.07, 6.45) is 0. The molecule has 0 radical (unpaired) electrons. The molecule has 4 heteroatoms. The Hall–Kier alpha value is -5.58. The topological polar surface area (TPSA) is 30.7 Å². The Morgan fingerprint density at radius 2 is 1.30 bits per heavy atom. The molecule has 0 atom stereocenters. The Morgan fingerprint density at radius 3 is 2.19 bits per heavy atom. The molecule has 9 aromatic rings. The maximum Gasteiger partial charge on any atom is 0.160 e. The molecule has 1 aliphatic rings. The summed E-state index contributed by atoms with van der Waals surface area (Å²) in [5, 5.41) is 5.16. The van der Waals surface area contributed by atoms with E-state index in [9.17, 15) is 0 Å². The lowest BCUT2D eigenvalue weighted by atomic mass is 9.85. The van der Waals surface area contributed by atoms with E-state index in [4.69, 9.17) is 9.97 Å². The Balaban J connectivity index is 1.22. The van der Waals surface area contributed by atoms with E-state index >= 15 is 0 Å². The van der Waals surface area contributed by atoms with Crippen LogP contribution in [-0.4, -0.2) is 14.5 Å². The Labute approximate surface area is 276 Å². The number of nitrogens with zero attached hydrogens (tertiary/aromatic N) is 3. The molecule has 0 spiro atoms. The van der Waals surface area contributed by atoms with Crippen LogP contribution in [0.4, 0.5) is 0 Å². The van der Waals surface area contributed by atoms with Crippen molar-refractivity contribution in [3.8, 4) is 39.5 Å². The van der Waals surface area contributed by atoms with E-state index in [-0.39, 0.29) is 5.41 Å². The van der Waals surface area contributed by atoms with Crippen LogP contribution in [0, 0.1) is 0 Å². The maximum atomic E-state index is 5.37. The van der Waals surface area contributed by atoms with E-state index in [0.29, 0.717) is 0 Å². The van der Waals surface area contributed by atoms with Gasteiger partial charge in [-0.2, -0.15) is 0 Å². The molecule has 3 aromatic heterocycles. The predicted octanol–water partition coefficient (Wildman–Crippen LogP) is 11.6. The predicted molar refractivity (Wildman–Crippen MR) is 198 cm³/mol. The molecule has 0 aliphatic heterocycles. The van der Waals surface area contributed by atoms with Crippen LogP contribution in [0.25, 0.3) is 81.4 Å². The molecule has 222 valence electrons. The molecular weight excluding hydrogens is 591 g/mol. The second kappa shape index (κ2) is 9.71. The highest BCUT2D eigenvalue weighted by Gasteiger charge is 2.39. The standard InChI is InChI=1S/C43H29N3S/c1-43(2)34-20-9-6-19-31(34)39-40(26-13-4-3-5-14-26)44-42(45-41(39)43)27-15-12-16-28(23-27)46-35-21-10-7-17-29(35)32-24-33-30-18-8-11-22-37(30)47-38(33)25-36(32)46/h3-25H,1-2H3. The minimum atomic E-state index is -0.243. The van der Waals surface area contributed by atoms with Gasteiger partial charge in [0.2, 0.25) is 0 Å². The molecule has 6 aromatic carbocycles. The van der Waals surface area contributed by atoms with Crippen molar-refractivity contribution in [2.24, 2.45) is 0 Å². The molecular formula is C43H29N3S. The molecule has 0 N–H and O–H groups in total. The van der Waals surface area contributed by atoms with Gasteiger partial charge in [0.1, 0.15) is 0 Å². The van der Waals surface area contributed by atoms with Crippen LogP contribution in [0.3, 0.4) is 0 Å². The quantitative estimate of drug-likeness (QED) is 0.197. The van der Waals surface area contributed by atoms with Crippen LogP contribution >= 0.6 is 11.3 Å². The number of fused-ring (bicyclic) bond motifs is 9. The molecule has 3 nitrogen and oxygen atoms in total. The highest BCUT2D eigenvalue weighted by molar-refractivity contribution is 7.25. The summed E-state index contributed by atoms with van der Waals surface area (Å²) in [5.74, 6) is 0.748. The van der Waals surface area contributed by atoms with Crippen molar-refractivity contribution in [3.63, 3.8) is 0 Å². The van der Waals surface area contributed by atoms with Crippen molar-refractivity contribution in [2.75, 3.05) is 0 Å². The molecule has 0 amide bonds. The van der Waals surface area contributed by atoms with Crippen molar-refractivity contribution in [1.82, 2.24) is 14.5 Å². The van der Waals surface area contributed by atoms with Crippen LogP contribution in [0.2, 0.25) is 0 Å². The summed E-state index contributed by atoms with van der Waals surface area (Å²) in [6, 6.07) is 50.2. The monoisotopic (exact) mass is 619 g/mol. The largest absolute Gasteiger partial charge is 0.309 e. The van der Waals surface area contributed by atoms with E-state index < -0.39 is 0 Å². The van der Waals surface area contributed by atoms with Crippen LogP contribution < -0.4 is 0 Å². The highest BCUT2D eigenvalue weighted by Crippen LogP contribution is 2.51. The summed E-state index contributed by atoms with van der Waals surface area (Å²) in [5.41, 5.74) is 11.1. The molecule has 3 heterocycles. The second-order valence-electron chi connectivity index (χ2n) is 13.0. The van der Waals surface area contributed by atoms with Gasteiger partial charge in [0.25, 0.3) is 0 Å². The van der Waals surface area contributed by atoms with Crippen LogP contribution in [-0.2, 0) is 5.41 Å². The first-order valence-corrected chi connectivity index (χ1v) is 16.9. The zero-order valence-corrected chi connectivity index (χ0v) is 26.8. The third-order valence-electron chi connectivity index (χ3n) is 9.95. The third kappa shape index (κ3) is 3.79. The number of hydrogen-bond acceptors (Lipinski definition) is 3. The Kier molecular flexibility index (Phi) is 5.50. The second-order valence-corrected chi connectivity index (χ2v) is 14.1. The fourth-order valence-corrected chi connectivity index (χ4v) is 8.85. The number of rotatable bonds is 3. The molecule has 0 saturated carbocycles. The molecule has 0 fully saturated rings. The average molecular weight is 620 g/mol. The van der Waals surface area contributed by atoms with Crippen molar-refractivity contribution in [2.45, 2.75) is 19.3 Å². The van der Waals surface area contributed by atoms with Gasteiger partial charge in [-0.05, 0) is 47.5 Å². The molecule has 1 aliphatic carbocycles. The van der Waals surface area contributed by atoms with Gasteiger partial charge in [-0.3, -0.25) is 0 Å². The summed E-state index contributed by atoms with van der Waals surface area (Å²) in [6.45, 7) is 4.57. The van der Waals surface area contributed by atoms with E-state index in [2.05, 4.69) is 158 Å². The lowest BCUT2D eigenvalue weighted by Gasteiger charge is -2.21. The fourth-order valence-electron chi connectivity index (χ4n) is 7.73. The lowest BCUT2D eigenvalue weighted by molar-refractivity contribution is 0.636. The van der Waals surface area contributed by atoms with Gasteiger partial charge in [0, 0.05) is 58.7 Å². The highest BCUT2D eigenvalue weighted by atomic mass is 32.1. The summed E-state index contributed by atoms with van der Waals surface area (Å²) < 4.78 is 5.03.